The van der Waals surface area contributed by atoms with Gasteiger partial charge in [-0.25, -0.2) is 9.78 Å². The van der Waals surface area contributed by atoms with Crippen molar-refractivity contribution in [2.75, 3.05) is 0 Å². The Balaban J connectivity index is 0.000000374. The number of ketones is 3. The average molecular weight is 887 g/mol. The molecule has 7 rings (SSSR count). The van der Waals surface area contributed by atoms with Gasteiger partial charge in [0.05, 0.1) is 35.7 Å². The number of amides is 1. The van der Waals surface area contributed by atoms with Crippen molar-refractivity contribution in [1.82, 2.24) is 50.6 Å². The highest BCUT2D eigenvalue weighted by Crippen LogP contribution is 2.46. The van der Waals surface area contributed by atoms with Gasteiger partial charge in [-0.05, 0) is 65.7 Å². The number of carbonyl (C=O) groups excluding carboxylic acids is 4. The predicted octanol–water partition coefficient (Wildman–Crippen LogP) is 10.4. The van der Waals surface area contributed by atoms with Gasteiger partial charge in [-0.2, -0.15) is 10.2 Å². The molecule has 0 atom stereocenters. The van der Waals surface area contributed by atoms with Crippen molar-refractivity contribution < 1.29 is 19.2 Å². The molecular formula is C49H78N10O5. The van der Waals surface area contributed by atoms with Crippen LogP contribution in [0.5, 0.6) is 0 Å². The minimum absolute atomic E-state index is 0.0100. The van der Waals surface area contributed by atoms with Crippen molar-refractivity contribution in [2.45, 2.75) is 147 Å². The van der Waals surface area contributed by atoms with Gasteiger partial charge in [-0.15, -0.1) is 0 Å². The molecule has 5 aromatic heterocycles. The van der Waals surface area contributed by atoms with E-state index in [9.17, 15) is 24.0 Å². The first-order valence-corrected chi connectivity index (χ1v) is 22.5. The first-order valence-electron chi connectivity index (χ1n) is 22.5. The summed E-state index contributed by atoms with van der Waals surface area (Å²) in [5, 5.41) is 15.4. The Morgan fingerprint density at radius 3 is 1.53 bits per heavy atom. The second-order valence-electron chi connectivity index (χ2n) is 18.4. The zero-order valence-electron chi connectivity index (χ0n) is 41.1. The van der Waals surface area contributed by atoms with Crippen LogP contribution in [0.2, 0.25) is 0 Å². The Morgan fingerprint density at radius 1 is 0.656 bits per heavy atom. The molecule has 0 unspecified atom stereocenters. The van der Waals surface area contributed by atoms with E-state index in [1.165, 1.54) is 30.5 Å². The molecule has 2 aliphatic rings. The van der Waals surface area contributed by atoms with Gasteiger partial charge >= 0.3 is 5.69 Å². The van der Waals surface area contributed by atoms with Gasteiger partial charge in [0.15, 0.2) is 17.3 Å². The van der Waals surface area contributed by atoms with Crippen LogP contribution in [-0.2, 0) is 9.59 Å². The molecule has 0 spiro atoms. The highest BCUT2D eigenvalue weighted by Gasteiger charge is 2.34. The summed E-state index contributed by atoms with van der Waals surface area (Å²) in [6.07, 6.45) is 20.3. The fourth-order valence-corrected chi connectivity index (χ4v) is 5.56. The second-order valence-corrected chi connectivity index (χ2v) is 18.4. The van der Waals surface area contributed by atoms with Gasteiger partial charge < -0.3 is 25.3 Å². The molecule has 1 aliphatic heterocycles. The SMILES string of the molecule is CC(C)C(=O)C1=CCC(=O)N1.CC(C)C(=O)c1ccc[nH]1.CC(C)C(=O)c1cn[nH]c1.CC(C)C1(C)CCC1.CC(C)c1c[nH]c(=O)[nH]1.CC(C)c1cn[nH]c1.CC(C)c1cnc[nH]1. The Kier molecular flexibility index (Phi) is 25.2. The molecule has 0 radical (unpaired) electrons. The van der Waals surface area contributed by atoms with E-state index in [1.54, 1.807) is 43.3 Å². The molecule has 354 valence electrons. The molecule has 0 aromatic carbocycles. The maximum Gasteiger partial charge on any atom is 0.323 e. The van der Waals surface area contributed by atoms with Crippen LogP contribution in [0.25, 0.3) is 0 Å². The number of nitrogens with one attached hydrogen (secondary N) is 7. The van der Waals surface area contributed by atoms with Gasteiger partial charge in [-0.1, -0.05) is 110 Å². The van der Waals surface area contributed by atoms with Gasteiger partial charge in [-0.3, -0.25) is 29.4 Å². The molecule has 15 heteroatoms. The van der Waals surface area contributed by atoms with Crippen LogP contribution in [0.4, 0.5) is 0 Å². The van der Waals surface area contributed by atoms with E-state index in [0.717, 1.165) is 17.0 Å². The Hall–Kier alpha value is -5.86. The lowest BCUT2D eigenvalue weighted by atomic mass is 9.64. The Labute approximate surface area is 380 Å². The number of hydrogen-bond acceptors (Lipinski definition) is 8. The first-order chi connectivity index (χ1) is 30.0. The summed E-state index contributed by atoms with van der Waals surface area (Å²) < 4.78 is 0. The third-order valence-electron chi connectivity index (χ3n) is 10.7. The van der Waals surface area contributed by atoms with E-state index in [1.807, 2.05) is 80.0 Å². The van der Waals surface area contributed by atoms with Crippen molar-refractivity contribution >= 4 is 23.3 Å². The summed E-state index contributed by atoms with van der Waals surface area (Å²) in [7, 11) is 0. The molecule has 5 aromatic rings. The van der Waals surface area contributed by atoms with E-state index >= 15 is 0 Å². The summed E-state index contributed by atoms with van der Waals surface area (Å²) in [5.74, 6) is 2.77. The zero-order chi connectivity index (χ0) is 48.6. The van der Waals surface area contributed by atoms with Crippen molar-refractivity contribution in [1.29, 1.82) is 0 Å². The summed E-state index contributed by atoms with van der Waals surface area (Å²) in [6.45, 7) is 30.8. The maximum absolute atomic E-state index is 11.2. The third-order valence-corrected chi connectivity index (χ3v) is 10.7. The van der Waals surface area contributed by atoms with Crippen molar-refractivity contribution in [3.05, 3.63) is 112 Å². The van der Waals surface area contributed by atoms with Crippen molar-refractivity contribution in [3.8, 4) is 0 Å². The quantitative estimate of drug-likeness (QED) is 0.0665. The van der Waals surface area contributed by atoms with Crippen LogP contribution in [-0.4, -0.2) is 68.6 Å². The minimum atomic E-state index is -0.126. The van der Waals surface area contributed by atoms with Crippen LogP contribution in [0, 0.1) is 29.1 Å². The number of Topliss-reactive ketones (excluding diaryl/α,β-unsaturated/α-hetero) is 3. The maximum atomic E-state index is 11.2. The normalized spacial score (nSPS) is 13.3. The number of aromatic amines is 6. The van der Waals surface area contributed by atoms with E-state index in [-0.39, 0.29) is 46.7 Å². The molecule has 1 fully saturated rings. The summed E-state index contributed by atoms with van der Waals surface area (Å²) in [6, 6.07) is 3.62. The Bertz CT molecular complexity index is 2010. The van der Waals surface area contributed by atoms with Crippen molar-refractivity contribution in [2.24, 2.45) is 29.1 Å². The predicted molar refractivity (Wildman–Crippen MR) is 256 cm³/mol. The first kappa shape index (κ1) is 56.2. The topological polar surface area (TPSA) is 231 Å². The highest BCUT2D eigenvalue weighted by atomic mass is 16.2. The van der Waals surface area contributed by atoms with Crippen LogP contribution < -0.4 is 11.0 Å². The number of H-pyrrole nitrogens is 6. The summed E-state index contributed by atoms with van der Waals surface area (Å²) in [5.41, 5.74) is 5.85. The average Bonchev–Trinajstić information content (AvgIpc) is 4.09. The largest absolute Gasteiger partial charge is 0.359 e. The van der Waals surface area contributed by atoms with Gasteiger partial charge in [0, 0.05) is 66.5 Å². The fourth-order valence-electron chi connectivity index (χ4n) is 5.56. The number of hydrogen-bond donors (Lipinski definition) is 7. The van der Waals surface area contributed by atoms with Crippen LogP contribution in [0.15, 0.2) is 78.4 Å². The van der Waals surface area contributed by atoms with Crippen LogP contribution >= 0.6 is 0 Å². The van der Waals surface area contributed by atoms with Gasteiger partial charge in [0.2, 0.25) is 5.91 Å². The standard InChI is InChI=1S/C8H11NO2.C8H11NO.C8H16.C7H10N2O.C6H10N2O.2C6H10N2/c1-5(2)8(11)6-3-4-7(10)9-6;1-6(2)8(10)7-4-3-5-9-7;1-7(2)8(3)5-4-6-8;1-5(2)7(10)6-3-8-9-4-6;1-4(2)5-3-7-6(9)8-5;1-5(2)6-3-7-4-8-6;1-5(2)6-3-7-8-4-6/h3,5H,4H2,1-2H3,(H,9,10);3-6,9H,1-2H3;7H,4-6H2,1-3H3;3-5H,1-2H3,(H,8,9);3-4H,1-2H3,(H2,7,8,9);2*3-5H,1-2H3,(H,7,8). The zero-order valence-corrected chi connectivity index (χ0v) is 41.1. The second kappa shape index (κ2) is 28.8. The smallest absolute Gasteiger partial charge is 0.323 e. The van der Waals surface area contributed by atoms with E-state index in [4.69, 9.17) is 0 Å². The third kappa shape index (κ3) is 21.0. The molecule has 6 heterocycles. The summed E-state index contributed by atoms with van der Waals surface area (Å²) >= 11 is 0. The number of allylic oxidation sites excluding steroid dienone is 1. The summed E-state index contributed by atoms with van der Waals surface area (Å²) in [4.78, 5) is 69.7. The monoisotopic (exact) mass is 887 g/mol. The number of rotatable bonds is 10. The van der Waals surface area contributed by atoms with Gasteiger partial charge in [0.25, 0.3) is 0 Å². The molecule has 1 saturated carbocycles. The number of carbonyl (C=O) groups is 4. The lowest BCUT2D eigenvalue weighted by molar-refractivity contribution is -0.122. The number of imidazole rings is 2. The molecule has 0 saturated heterocycles. The molecule has 7 N–H and O–H groups in total. The van der Waals surface area contributed by atoms with Gasteiger partial charge in [0.1, 0.15) is 0 Å². The van der Waals surface area contributed by atoms with E-state index in [0.29, 0.717) is 41.1 Å². The minimum Gasteiger partial charge on any atom is -0.359 e. The fraction of sp³-hybridized carbons (Fsp3) is 0.551. The number of nitrogens with zero attached hydrogens (tertiary/aromatic N) is 3. The molecule has 0 bridgehead atoms. The van der Waals surface area contributed by atoms with Crippen LogP contribution in [0.3, 0.4) is 0 Å². The molecule has 64 heavy (non-hydrogen) atoms. The molecule has 1 aliphatic carbocycles. The lowest BCUT2D eigenvalue weighted by Gasteiger charge is -2.42. The lowest BCUT2D eigenvalue weighted by Crippen LogP contribution is -2.30. The van der Waals surface area contributed by atoms with E-state index in [2.05, 4.69) is 99.1 Å². The molecule has 1 amide bonds. The van der Waals surface area contributed by atoms with Crippen molar-refractivity contribution in [3.63, 3.8) is 0 Å². The van der Waals surface area contributed by atoms with Crippen LogP contribution in [0.1, 0.15) is 185 Å². The molecule has 15 nitrogen and oxygen atoms in total. The molecular weight excluding hydrogens is 809 g/mol. The van der Waals surface area contributed by atoms with E-state index < -0.39 is 0 Å². The Morgan fingerprint density at radius 2 is 1.25 bits per heavy atom. The highest BCUT2D eigenvalue weighted by molar-refractivity contribution is 6.03. The number of aromatic nitrogens is 9.